The molecule has 2 aliphatic heterocycles. The lowest BCUT2D eigenvalue weighted by atomic mass is 9.94. The van der Waals surface area contributed by atoms with Gasteiger partial charge in [-0.15, -0.1) is 0 Å². The van der Waals surface area contributed by atoms with E-state index in [2.05, 4.69) is 5.32 Å². The summed E-state index contributed by atoms with van der Waals surface area (Å²) in [5.41, 5.74) is 1.08. The molecule has 1 N–H and O–H groups in total. The summed E-state index contributed by atoms with van der Waals surface area (Å²) >= 11 is 0. The number of nitrogens with zero attached hydrogens (tertiary/aromatic N) is 1. The van der Waals surface area contributed by atoms with Crippen molar-refractivity contribution >= 4 is 11.8 Å². The molecule has 2 atom stereocenters. The van der Waals surface area contributed by atoms with E-state index < -0.39 is 0 Å². The van der Waals surface area contributed by atoms with Crippen LogP contribution in [0.15, 0.2) is 24.3 Å². The molecule has 2 fully saturated rings. The molecular weight excluding hydrogens is 283 g/mol. The van der Waals surface area contributed by atoms with E-state index in [0.717, 1.165) is 31.4 Å². The number of carbonyl (C=O) groups excluding carboxylic acids is 2. The summed E-state index contributed by atoms with van der Waals surface area (Å²) < 4.78 is 13.1. The summed E-state index contributed by atoms with van der Waals surface area (Å²) in [7, 11) is 0. The molecule has 0 aliphatic carbocycles. The zero-order valence-electron chi connectivity index (χ0n) is 12.6. The average molecular weight is 304 g/mol. The highest BCUT2D eigenvalue weighted by Crippen LogP contribution is 2.27. The predicted molar refractivity (Wildman–Crippen MR) is 80.7 cm³/mol. The maximum absolute atomic E-state index is 13.1. The van der Waals surface area contributed by atoms with Crippen LogP contribution < -0.4 is 5.32 Å². The van der Waals surface area contributed by atoms with Gasteiger partial charge >= 0.3 is 0 Å². The Morgan fingerprint density at radius 1 is 1.18 bits per heavy atom. The molecule has 1 aromatic carbocycles. The number of nitrogens with one attached hydrogen (secondary N) is 1. The fourth-order valence-corrected chi connectivity index (χ4v) is 3.37. The molecule has 1 aromatic rings. The number of carbonyl (C=O) groups is 2. The van der Waals surface area contributed by atoms with Crippen LogP contribution in [0.2, 0.25) is 0 Å². The molecule has 0 aromatic heterocycles. The van der Waals surface area contributed by atoms with Gasteiger partial charge in [0.1, 0.15) is 11.9 Å². The van der Waals surface area contributed by atoms with Crippen molar-refractivity contribution in [2.24, 2.45) is 0 Å². The van der Waals surface area contributed by atoms with E-state index in [0.29, 0.717) is 19.4 Å². The van der Waals surface area contributed by atoms with Crippen LogP contribution in [0.5, 0.6) is 0 Å². The van der Waals surface area contributed by atoms with Crippen LogP contribution in [0.4, 0.5) is 4.39 Å². The Morgan fingerprint density at radius 3 is 2.64 bits per heavy atom. The number of likely N-dealkylation sites (tertiary alicyclic amines) is 1. The van der Waals surface area contributed by atoms with Gasteiger partial charge in [-0.3, -0.25) is 9.59 Å². The third kappa shape index (κ3) is 3.29. The number of hydrogen-bond donors (Lipinski definition) is 1. The summed E-state index contributed by atoms with van der Waals surface area (Å²) in [6.07, 6.45) is 4.07. The summed E-state index contributed by atoms with van der Waals surface area (Å²) in [4.78, 5) is 25.8. The molecule has 3 rings (SSSR count). The topological polar surface area (TPSA) is 49.4 Å². The van der Waals surface area contributed by atoms with Crippen molar-refractivity contribution in [3.05, 3.63) is 35.6 Å². The molecule has 2 amide bonds. The Morgan fingerprint density at radius 2 is 1.95 bits per heavy atom. The van der Waals surface area contributed by atoms with Crippen molar-refractivity contribution in [1.82, 2.24) is 10.2 Å². The van der Waals surface area contributed by atoms with E-state index in [1.54, 1.807) is 0 Å². The number of benzene rings is 1. The highest BCUT2D eigenvalue weighted by atomic mass is 19.1. The summed E-state index contributed by atoms with van der Waals surface area (Å²) in [6, 6.07) is 6.21. The van der Waals surface area contributed by atoms with Crippen LogP contribution in [0.25, 0.3) is 0 Å². The first-order valence-corrected chi connectivity index (χ1v) is 7.97. The van der Waals surface area contributed by atoms with Crippen LogP contribution in [-0.2, 0) is 9.59 Å². The second-order valence-electron chi connectivity index (χ2n) is 6.19. The Hall–Kier alpha value is -1.91. The first-order chi connectivity index (χ1) is 10.6. The largest absolute Gasteiger partial charge is 0.344 e. The first-order valence-electron chi connectivity index (χ1n) is 7.97. The second kappa shape index (κ2) is 6.46. The van der Waals surface area contributed by atoms with Crippen molar-refractivity contribution in [2.75, 3.05) is 13.1 Å². The number of hydrogen-bond acceptors (Lipinski definition) is 2. The summed E-state index contributed by atoms with van der Waals surface area (Å²) in [5.74, 6) is -0.00811. The Balaban J connectivity index is 1.71. The van der Waals surface area contributed by atoms with Gasteiger partial charge in [0.15, 0.2) is 0 Å². The third-order valence-corrected chi connectivity index (χ3v) is 4.62. The van der Waals surface area contributed by atoms with E-state index in [-0.39, 0.29) is 29.6 Å². The maximum atomic E-state index is 13.1. The van der Waals surface area contributed by atoms with Crippen LogP contribution in [0, 0.1) is 5.82 Å². The van der Waals surface area contributed by atoms with E-state index in [1.165, 1.54) is 12.1 Å². The van der Waals surface area contributed by atoms with Gasteiger partial charge in [-0.25, -0.2) is 4.39 Å². The minimum atomic E-state index is -0.362. The van der Waals surface area contributed by atoms with Gasteiger partial charge in [-0.2, -0.15) is 0 Å². The minimum Gasteiger partial charge on any atom is -0.344 e. The zero-order valence-corrected chi connectivity index (χ0v) is 12.6. The molecule has 5 heteroatoms. The van der Waals surface area contributed by atoms with Crippen molar-refractivity contribution in [3.63, 3.8) is 0 Å². The van der Waals surface area contributed by atoms with Gasteiger partial charge in [0.2, 0.25) is 11.8 Å². The Labute approximate surface area is 129 Å². The highest BCUT2D eigenvalue weighted by molar-refractivity contribution is 5.90. The van der Waals surface area contributed by atoms with Gasteiger partial charge in [0, 0.05) is 25.4 Å². The van der Waals surface area contributed by atoms with Crippen molar-refractivity contribution < 1.29 is 14.0 Å². The van der Waals surface area contributed by atoms with Crippen molar-refractivity contribution in [3.8, 4) is 0 Å². The van der Waals surface area contributed by atoms with Crippen LogP contribution >= 0.6 is 0 Å². The van der Waals surface area contributed by atoms with E-state index >= 15 is 0 Å². The SMILES string of the molecule is O=C1CCC(C(=O)N2CCCCC(c3ccc(F)cc3)C2)N1. The Kier molecular flexibility index (Phi) is 4.41. The van der Waals surface area contributed by atoms with Crippen LogP contribution in [0.1, 0.15) is 43.6 Å². The molecule has 0 radical (unpaired) electrons. The van der Waals surface area contributed by atoms with Gasteiger partial charge in [0.25, 0.3) is 0 Å². The van der Waals surface area contributed by atoms with Crippen LogP contribution in [0.3, 0.4) is 0 Å². The molecule has 2 heterocycles. The Bertz CT molecular complexity index is 558. The summed E-state index contributed by atoms with van der Waals surface area (Å²) in [5, 5.41) is 2.75. The molecule has 0 saturated carbocycles. The van der Waals surface area contributed by atoms with E-state index in [4.69, 9.17) is 0 Å². The highest BCUT2D eigenvalue weighted by Gasteiger charge is 2.32. The normalized spacial score (nSPS) is 25.7. The lowest BCUT2D eigenvalue weighted by Crippen LogP contribution is -2.45. The van der Waals surface area contributed by atoms with Crippen molar-refractivity contribution in [2.45, 2.75) is 44.1 Å². The molecule has 0 spiro atoms. The molecule has 2 aliphatic rings. The minimum absolute atomic E-state index is 0.0276. The molecule has 2 unspecified atom stereocenters. The second-order valence-corrected chi connectivity index (χ2v) is 6.19. The quantitative estimate of drug-likeness (QED) is 0.910. The summed E-state index contributed by atoms with van der Waals surface area (Å²) in [6.45, 7) is 1.39. The lowest BCUT2D eigenvalue weighted by molar-refractivity contribution is -0.134. The number of halogens is 1. The van der Waals surface area contributed by atoms with Gasteiger partial charge in [-0.05, 0) is 37.0 Å². The van der Waals surface area contributed by atoms with Gasteiger partial charge in [-0.1, -0.05) is 18.6 Å². The standard InChI is InChI=1S/C17H21FN2O2/c18-14-6-4-12(5-7-14)13-3-1-2-10-20(11-13)17(22)15-8-9-16(21)19-15/h4-7,13,15H,1-3,8-11H2,(H,19,21). The molecule has 0 bridgehead atoms. The molecular formula is C17H21FN2O2. The van der Waals surface area contributed by atoms with Gasteiger partial charge in [0.05, 0.1) is 0 Å². The molecule has 118 valence electrons. The number of amides is 2. The fraction of sp³-hybridized carbons (Fsp3) is 0.529. The molecule has 4 nitrogen and oxygen atoms in total. The third-order valence-electron chi connectivity index (χ3n) is 4.62. The van der Waals surface area contributed by atoms with Crippen LogP contribution in [-0.4, -0.2) is 35.8 Å². The maximum Gasteiger partial charge on any atom is 0.245 e. The first kappa shape index (κ1) is 15.0. The molecule has 2 saturated heterocycles. The predicted octanol–water partition coefficient (Wildman–Crippen LogP) is 2.20. The smallest absolute Gasteiger partial charge is 0.245 e. The monoisotopic (exact) mass is 304 g/mol. The molecule has 22 heavy (non-hydrogen) atoms. The number of rotatable bonds is 2. The fourth-order valence-electron chi connectivity index (χ4n) is 3.37. The van der Waals surface area contributed by atoms with E-state index in [9.17, 15) is 14.0 Å². The van der Waals surface area contributed by atoms with E-state index in [1.807, 2.05) is 17.0 Å². The zero-order chi connectivity index (χ0) is 15.5. The van der Waals surface area contributed by atoms with Crippen molar-refractivity contribution in [1.29, 1.82) is 0 Å². The average Bonchev–Trinajstić information content (AvgIpc) is 2.81. The lowest BCUT2D eigenvalue weighted by Gasteiger charge is -2.27. The van der Waals surface area contributed by atoms with Gasteiger partial charge < -0.3 is 10.2 Å².